The second-order valence-corrected chi connectivity index (χ2v) is 5.55. The van der Waals surface area contributed by atoms with E-state index in [0.29, 0.717) is 23.7 Å². The van der Waals surface area contributed by atoms with Crippen molar-refractivity contribution in [1.29, 1.82) is 0 Å². The molecule has 1 amide bonds. The van der Waals surface area contributed by atoms with Gasteiger partial charge in [-0.3, -0.25) is 4.79 Å². The molecule has 0 aromatic heterocycles. The number of carbonyl (C=O) groups is 1. The highest BCUT2D eigenvalue weighted by molar-refractivity contribution is 5.95. The Kier molecular flexibility index (Phi) is 5.44. The van der Waals surface area contributed by atoms with Gasteiger partial charge in [0.2, 0.25) is 0 Å². The van der Waals surface area contributed by atoms with E-state index in [1.165, 1.54) is 19.3 Å². The summed E-state index contributed by atoms with van der Waals surface area (Å²) in [7, 11) is 1.54. The largest absolute Gasteiger partial charge is 0.494 e. The van der Waals surface area contributed by atoms with Gasteiger partial charge in [0.05, 0.1) is 12.8 Å². The summed E-state index contributed by atoms with van der Waals surface area (Å²) in [5, 5.41) is 2.81. The van der Waals surface area contributed by atoms with Crippen molar-refractivity contribution >= 4 is 17.3 Å². The van der Waals surface area contributed by atoms with Crippen molar-refractivity contribution in [2.24, 2.45) is 5.92 Å². The van der Waals surface area contributed by atoms with E-state index >= 15 is 0 Å². The molecule has 1 aliphatic carbocycles. The van der Waals surface area contributed by atoms with Crippen molar-refractivity contribution in [1.82, 2.24) is 0 Å². The molecule has 21 heavy (non-hydrogen) atoms. The van der Waals surface area contributed by atoms with Crippen LogP contribution in [0.25, 0.3) is 0 Å². The number of methoxy groups -OCH3 is 1. The second-order valence-electron chi connectivity index (χ2n) is 5.55. The average molecular weight is 292 g/mol. The number of amides is 1. The fraction of sp³-hybridized carbons (Fsp3) is 0.562. The Labute approximate surface area is 125 Å². The molecule has 1 aromatic carbocycles. The molecule has 5 nitrogen and oxygen atoms in total. The highest BCUT2D eigenvalue weighted by Gasteiger charge is 2.19. The summed E-state index contributed by atoms with van der Waals surface area (Å²) < 4.78 is 10.8. The SMILES string of the molecule is COc1cc(N)ccc1NC(=O)C(C)OCCC1CCC1. The summed E-state index contributed by atoms with van der Waals surface area (Å²) in [4.78, 5) is 12.1. The third kappa shape index (κ3) is 4.36. The summed E-state index contributed by atoms with van der Waals surface area (Å²) in [6, 6.07) is 5.13. The van der Waals surface area contributed by atoms with Crippen LogP contribution < -0.4 is 15.8 Å². The molecule has 1 aliphatic rings. The molecule has 0 aliphatic heterocycles. The van der Waals surface area contributed by atoms with Crippen molar-refractivity contribution in [3.05, 3.63) is 18.2 Å². The van der Waals surface area contributed by atoms with E-state index in [2.05, 4.69) is 5.32 Å². The number of nitrogens with two attached hydrogens (primary N) is 1. The van der Waals surface area contributed by atoms with Gasteiger partial charge in [-0.1, -0.05) is 19.3 Å². The van der Waals surface area contributed by atoms with Gasteiger partial charge in [-0.15, -0.1) is 0 Å². The lowest BCUT2D eigenvalue weighted by atomic mass is 9.83. The lowest BCUT2D eigenvalue weighted by Crippen LogP contribution is -2.29. The standard InChI is InChI=1S/C16H24N2O3/c1-11(21-9-8-12-4-3-5-12)16(19)18-14-7-6-13(17)10-15(14)20-2/h6-7,10-12H,3-5,8-9,17H2,1-2H3,(H,18,19). The van der Waals surface area contributed by atoms with Crippen LogP contribution in [-0.4, -0.2) is 25.7 Å². The summed E-state index contributed by atoms with van der Waals surface area (Å²) in [6.07, 6.45) is 4.49. The molecule has 1 saturated carbocycles. The van der Waals surface area contributed by atoms with E-state index < -0.39 is 6.10 Å². The molecule has 1 unspecified atom stereocenters. The van der Waals surface area contributed by atoms with Gasteiger partial charge in [-0.05, 0) is 31.4 Å². The van der Waals surface area contributed by atoms with E-state index in [-0.39, 0.29) is 5.91 Å². The van der Waals surface area contributed by atoms with Gasteiger partial charge in [-0.25, -0.2) is 0 Å². The molecular weight excluding hydrogens is 268 g/mol. The van der Waals surface area contributed by atoms with Gasteiger partial charge in [0.25, 0.3) is 5.91 Å². The Morgan fingerprint density at radius 3 is 2.86 bits per heavy atom. The van der Waals surface area contributed by atoms with Crippen molar-refractivity contribution < 1.29 is 14.3 Å². The topological polar surface area (TPSA) is 73.6 Å². The predicted octanol–water partition coefficient (Wildman–Crippen LogP) is 2.81. The number of carbonyl (C=O) groups excluding carboxylic acids is 1. The van der Waals surface area contributed by atoms with Gasteiger partial charge < -0.3 is 20.5 Å². The lowest BCUT2D eigenvalue weighted by molar-refractivity contribution is -0.126. The normalized spacial score (nSPS) is 16.1. The van der Waals surface area contributed by atoms with Crippen LogP contribution in [0, 0.1) is 5.92 Å². The number of rotatable bonds is 7. The maximum absolute atomic E-state index is 12.1. The van der Waals surface area contributed by atoms with Crippen LogP contribution in [0.1, 0.15) is 32.6 Å². The zero-order chi connectivity index (χ0) is 15.2. The molecule has 0 bridgehead atoms. The Morgan fingerprint density at radius 1 is 1.48 bits per heavy atom. The molecule has 0 heterocycles. The molecule has 0 saturated heterocycles. The number of nitrogen functional groups attached to an aromatic ring is 1. The molecule has 3 N–H and O–H groups in total. The van der Waals surface area contributed by atoms with Crippen LogP contribution in [0.15, 0.2) is 18.2 Å². The molecule has 116 valence electrons. The number of nitrogens with one attached hydrogen (secondary N) is 1. The molecule has 1 fully saturated rings. The number of hydrogen-bond acceptors (Lipinski definition) is 4. The summed E-state index contributed by atoms with van der Waals surface area (Å²) >= 11 is 0. The minimum absolute atomic E-state index is 0.174. The number of benzene rings is 1. The maximum Gasteiger partial charge on any atom is 0.253 e. The highest BCUT2D eigenvalue weighted by Crippen LogP contribution is 2.29. The van der Waals surface area contributed by atoms with Crippen LogP contribution >= 0.6 is 0 Å². The minimum atomic E-state index is -0.479. The zero-order valence-corrected chi connectivity index (χ0v) is 12.7. The van der Waals surface area contributed by atoms with Crippen LogP contribution in [-0.2, 0) is 9.53 Å². The third-order valence-electron chi connectivity index (χ3n) is 3.97. The quantitative estimate of drug-likeness (QED) is 0.758. The predicted molar refractivity (Wildman–Crippen MR) is 83.4 cm³/mol. The molecule has 2 rings (SSSR count). The Bertz CT molecular complexity index is 486. The first kappa shape index (κ1) is 15.6. The second kappa shape index (κ2) is 7.31. The van der Waals surface area contributed by atoms with E-state index in [0.717, 1.165) is 12.3 Å². The number of hydrogen-bond donors (Lipinski definition) is 2. The Morgan fingerprint density at radius 2 is 2.24 bits per heavy atom. The summed E-state index contributed by atoms with van der Waals surface area (Å²) in [5.41, 5.74) is 6.88. The molecular formula is C16H24N2O3. The number of ether oxygens (including phenoxy) is 2. The van der Waals surface area contributed by atoms with Gasteiger partial charge in [0.15, 0.2) is 0 Å². The average Bonchev–Trinajstić information content (AvgIpc) is 2.43. The molecule has 1 aromatic rings. The van der Waals surface area contributed by atoms with Crippen molar-refractivity contribution in [2.75, 3.05) is 24.8 Å². The zero-order valence-electron chi connectivity index (χ0n) is 12.7. The van der Waals surface area contributed by atoms with E-state index in [4.69, 9.17) is 15.2 Å². The van der Waals surface area contributed by atoms with Gasteiger partial charge in [0.1, 0.15) is 11.9 Å². The fourth-order valence-corrected chi connectivity index (χ4v) is 2.31. The first-order chi connectivity index (χ1) is 10.1. The van der Waals surface area contributed by atoms with Gasteiger partial charge >= 0.3 is 0 Å². The Balaban J connectivity index is 1.82. The minimum Gasteiger partial charge on any atom is -0.494 e. The van der Waals surface area contributed by atoms with Crippen LogP contribution in [0.2, 0.25) is 0 Å². The summed E-state index contributed by atoms with van der Waals surface area (Å²) in [5.74, 6) is 1.16. The van der Waals surface area contributed by atoms with Crippen LogP contribution in [0.5, 0.6) is 5.75 Å². The monoisotopic (exact) mass is 292 g/mol. The van der Waals surface area contributed by atoms with Crippen LogP contribution in [0.3, 0.4) is 0 Å². The fourth-order valence-electron chi connectivity index (χ4n) is 2.31. The van der Waals surface area contributed by atoms with Crippen molar-refractivity contribution in [2.45, 2.75) is 38.7 Å². The lowest BCUT2D eigenvalue weighted by Gasteiger charge is -2.25. The van der Waals surface area contributed by atoms with E-state index in [1.54, 1.807) is 32.2 Å². The van der Waals surface area contributed by atoms with Crippen molar-refractivity contribution in [3.63, 3.8) is 0 Å². The van der Waals surface area contributed by atoms with Gasteiger partial charge in [-0.2, -0.15) is 0 Å². The molecule has 1 atom stereocenters. The van der Waals surface area contributed by atoms with E-state index in [9.17, 15) is 4.79 Å². The Hall–Kier alpha value is -1.75. The smallest absolute Gasteiger partial charge is 0.253 e. The third-order valence-corrected chi connectivity index (χ3v) is 3.97. The van der Waals surface area contributed by atoms with Gasteiger partial charge in [0, 0.05) is 18.4 Å². The first-order valence-corrected chi connectivity index (χ1v) is 7.46. The highest BCUT2D eigenvalue weighted by atomic mass is 16.5. The first-order valence-electron chi connectivity index (χ1n) is 7.46. The van der Waals surface area contributed by atoms with E-state index in [1.807, 2.05) is 0 Å². The molecule has 0 spiro atoms. The molecule has 0 radical (unpaired) electrons. The number of anilines is 2. The van der Waals surface area contributed by atoms with Crippen molar-refractivity contribution in [3.8, 4) is 5.75 Å². The molecule has 5 heteroatoms. The maximum atomic E-state index is 12.1. The van der Waals surface area contributed by atoms with Crippen LogP contribution in [0.4, 0.5) is 11.4 Å². The summed E-state index contributed by atoms with van der Waals surface area (Å²) in [6.45, 7) is 2.40.